The number of rotatable bonds is 6. The van der Waals surface area contributed by atoms with Crippen molar-refractivity contribution < 1.29 is 8.42 Å². The van der Waals surface area contributed by atoms with Crippen LogP contribution < -0.4 is 5.73 Å². The molecule has 108 valence electrons. The molecule has 0 amide bonds. The van der Waals surface area contributed by atoms with Crippen LogP contribution in [0.25, 0.3) is 0 Å². The zero-order valence-electron chi connectivity index (χ0n) is 11.3. The second kappa shape index (κ2) is 6.02. The normalized spacial score (nSPS) is 17.4. The molecule has 1 heterocycles. The number of aryl methyl sites for hydroxylation is 1. The highest BCUT2D eigenvalue weighted by molar-refractivity contribution is 7.89. The van der Waals surface area contributed by atoms with Gasteiger partial charge in [0.05, 0.1) is 6.20 Å². The summed E-state index contributed by atoms with van der Waals surface area (Å²) in [6.45, 7) is 2.74. The fraction of sp³-hybridized carbons (Fsp3) is 0.750. The molecule has 0 saturated heterocycles. The number of aromatic amines is 1. The lowest BCUT2D eigenvalue weighted by atomic mass is 10.2. The van der Waals surface area contributed by atoms with Crippen LogP contribution in [0.5, 0.6) is 0 Å². The van der Waals surface area contributed by atoms with Gasteiger partial charge in [-0.3, -0.25) is 0 Å². The van der Waals surface area contributed by atoms with Crippen molar-refractivity contribution in [2.24, 2.45) is 5.73 Å². The number of nitrogens with one attached hydrogen (secondary N) is 1. The van der Waals surface area contributed by atoms with Crippen LogP contribution in [0.1, 0.15) is 37.9 Å². The van der Waals surface area contributed by atoms with E-state index in [-0.39, 0.29) is 11.1 Å². The zero-order chi connectivity index (χ0) is 13.9. The van der Waals surface area contributed by atoms with E-state index in [1.807, 2.05) is 0 Å². The van der Waals surface area contributed by atoms with Gasteiger partial charge in [0.2, 0.25) is 0 Å². The summed E-state index contributed by atoms with van der Waals surface area (Å²) < 4.78 is 26.9. The van der Waals surface area contributed by atoms with Gasteiger partial charge >= 0.3 is 0 Å². The average Bonchev–Trinajstić information content (AvgIpc) is 3.00. The van der Waals surface area contributed by atoms with Crippen molar-refractivity contribution in [2.45, 2.75) is 50.1 Å². The lowest BCUT2D eigenvalue weighted by Gasteiger charge is -2.27. The summed E-state index contributed by atoms with van der Waals surface area (Å²) in [5.74, 6) is 0.615. The van der Waals surface area contributed by atoms with Gasteiger partial charge in [-0.2, -0.15) is 4.31 Å². The lowest BCUT2D eigenvalue weighted by Crippen LogP contribution is -2.40. The van der Waals surface area contributed by atoms with Crippen LogP contribution in [0.2, 0.25) is 0 Å². The molecule has 1 fully saturated rings. The Labute approximate surface area is 114 Å². The van der Waals surface area contributed by atoms with Gasteiger partial charge < -0.3 is 10.7 Å². The van der Waals surface area contributed by atoms with Gasteiger partial charge in [-0.15, -0.1) is 0 Å². The van der Waals surface area contributed by atoms with E-state index in [2.05, 4.69) is 9.97 Å². The van der Waals surface area contributed by atoms with E-state index in [4.69, 9.17) is 5.73 Å². The number of aromatic nitrogens is 2. The molecule has 0 radical (unpaired) electrons. The monoisotopic (exact) mass is 286 g/mol. The Hall–Kier alpha value is -0.920. The Morgan fingerprint density at radius 3 is 2.68 bits per heavy atom. The predicted molar refractivity (Wildman–Crippen MR) is 73.1 cm³/mol. The molecule has 3 N–H and O–H groups in total. The molecule has 1 saturated carbocycles. The Balaban J connectivity index is 2.25. The number of H-pyrrole nitrogens is 1. The topological polar surface area (TPSA) is 92.1 Å². The summed E-state index contributed by atoms with van der Waals surface area (Å²) in [5, 5.41) is 0.189. The molecule has 0 bridgehead atoms. The number of nitrogens with two attached hydrogens (primary N) is 1. The van der Waals surface area contributed by atoms with E-state index < -0.39 is 10.0 Å². The van der Waals surface area contributed by atoms with E-state index in [0.29, 0.717) is 25.3 Å². The van der Waals surface area contributed by atoms with Crippen molar-refractivity contribution >= 4 is 10.0 Å². The molecule has 1 aromatic rings. The Morgan fingerprint density at radius 1 is 1.47 bits per heavy atom. The number of hydrogen-bond donors (Lipinski definition) is 2. The van der Waals surface area contributed by atoms with E-state index in [0.717, 1.165) is 25.7 Å². The summed E-state index contributed by atoms with van der Waals surface area (Å²) in [6.07, 6.45) is 6.16. The highest BCUT2D eigenvalue weighted by atomic mass is 32.2. The van der Waals surface area contributed by atoms with Crippen LogP contribution in [0.4, 0.5) is 0 Å². The molecular formula is C12H22N4O2S. The second-order valence-electron chi connectivity index (χ2n) is 5.03. The van der Waals surface area contributed by atoms with Crippen LogP contribution in [0.3, 0.4) is 0 Å². The molecule has 0 unspecified atom stereocenters. The van der Waals surface area contributed by atoms with Crippen molar-refractivity contribution in [3.8, 4) is 0 Å². The van der Waals surface area contributed by atoms with Crippen molar-refractivity contribution in [3.05, 3.63) is 12.0 Å². The molecule has 1 aromatic heterocycles. The highest BCUT2D eigenvalue weighted by Gasteiger charge is 2.33. The molecule has 7 heteroatoms. The summed E-state index contributed by atoms with van der Waals surface area (Å²) in [5.41, 5.74) is 5.52. The molecule has 1 aliphatic carbocycles. The van der Waals surface area contributed by atoms with Crippen LogP contribution in [-0.2, 0) is 10.0 Å². The van der Waals surface area contributed by atoms with E-state index in [1.54, 1.807) is 11.2 Å². The Morgan fingerprint density at radius 2 is 2.16 bits per heavy atom. The maximum absolute atomic E-state index is 12.7. The van der Waals surface area contributed by atoms with Gasteiger partial charge in [-0.05, 0) is 32.7 Å². The van der Waals surface area contributed by atoms with Gasteiger partial charge in [0.15, 0.2) is 5.03 Å². The number of imidazole rings is 1. The van der Waals surface area contributed by atoms with Crippen LogP contribution in [0, 0.1) is 6.92 Å². The maximum Gasteiger partial charge on any atom is 0.260 e. The standard InChI is InChI=1S/C12H22N4O2S/c1-10-14-9-12(15-10)19(17,18)16(8-4-7-13)11-5-2-3-6-11/h9,11H,2-8,13H2,1H3,(H,14,15). The number of sulfonamides is 1. The summed E-state index contributed by atoms with van der Waals surface area (Å²) in [6, 6.07) is 0.111. The molecule has 0 spiro atoms. The zero-order valence-corrected chi connectivity index (χ0v) is 12.1. The van der Waals surface area contributed by atoms with Crippen molar-refractivity contribution in [1.82, 2.24) is 14.3 Å². The van der Waals surface area contributed by atoms with Gasteiger partial charge in [-0.1, -0.05) is 12.8 Å². The van der Waals surface area contributed by atoms with Crippen LogP contribution in [-0.4, -0.2) is 41.8 Å². The lowest BCUT2D eigenvalue weighted by molar-refractivity contribution is 0.319. The average molecular weight is 286 g/mol. The first-order valence-electron chi connectivity index (χ1n) is 6.79. The first-order valence-corrected chi connectivity index (χ1v) is 8.23. The van der Waals surface area contributed by atoms with Crippen molar-refractivity contribution in [2.75, 3.05) is 13.1 Å². The molecule has 0 atom stereocenters. The number of nitrogens with zero attached hydrogens (tertiary/aromatic N) is 2. The predicted octanol–water partition coefficient (Wildman–Crippen LogP) is 1.00. The summed E-state index contributed by atoms with van der Waals surface area (Å²) in [7, 11) is -3.48. The maximum atomic E-state index is 12.7. The molecule has 19 heavy (non-hydrogen) atoms. The minimum atomic E-state index is -3.48. The third-order valence-corrected chi connectivity index (χ3v) is 5.44. The first-order chi connectivity index (χ1) is 9.05. The van der Waals surface area contributed by atoms with Gasteiger partial charge in [0.25, 0.3) is 10.0 Å². The van der Waals surface area contributed by atoms with E-state index in [1.165, 1.54) is 6.20 Å². The molecule has 0 aliphatic heterocycles. The molecule has 0 aromatic carbocycles. The smallest absolute Gasteiger partial charge is 0.260 e. The molecule has 1 aliphatic rings. The SMILES string of the molecule is Cc1ncc(S(=O)(=O)N(CCCN)C2CCCC2)[nH]1. The Bertz CT molecular complexity index is 506. The fourth-order valence-corrected chi connectivity index (χ4v) is 4.28. The van der Waals surface area contributed by atoms with Gasteiger partial charge in [-0.25, -0.2) is 13.4 Å². The van der Waals surface area contributed by atoms with Crippen molar-refractivity contribution in [3.63, 3.8) is 0 Å². The Kier molecular flexibility index (Phi) is 4.59. The third kappa shape index (κ3) is 3.16. The van der Waals surface area contributed by atoms with Crippen LogP contribution in [0.15, 0.2) is 11.2 Å². The molecule has 6 nitrogen and oxygen atoms in total. The minimum Gasteiger partial charge on any atom is -0.332 e. The third-order valence-electron chi connectivity index (χ3n) is 3.58. The summed E-state index contributed by atoms with van der Waals surface area (Å²) in [4.78, 5) is 6.81. The van der Waals surface area contributed by atoms with E-state index in [9.17, 15) is 8.42 Å². The highest BCUT2D eigenvalue weighted by Crippen LogP contribution is 2.28. The number of hydrogen-bond acceptors (Lipinski definition) is 4. The molecular weight excluding hydrogens is 264 g/mol. The van der Waals surface area contributed by atoms with Gasteiger partial charge in [0, 0.05) is 12.6 Å². The second-order valence-corrected chi connectivity index (χ2v) is 6.89. The van der Waals surface area contributed by atoms with Gasteiger partial charge in [0.1, 0.15) is 5.82 Å². The molecule has 2 rings (SSSR count). The summed E-state index contributed by atoms with van der Waals surface area (Å²) >= 11 is 0. The quantitative estimate of drug-likeness (QED) is 0.816. The van der Waals surface area contributed by atoms with E-state index >= 15 is 0 Å². The van der Waals surface area contributed by atoms with Crippen molar-refractivity contribution in [1.29, 1.82) is 0 Å². The first kappa shape index (κ1) is 14.5. The fourth-order valence-electron chi connectivity index (χ4n) is 2.59. The van der Waals surface area contributed by atoms with Crippen LogP contribution >= 0.6 is 0 Å². The largest absolute Gasteiger partial charge is 0.332 e. The minimum absolute atomic E-state index is 0.111.